The van der Waals surface area contributed by atoms with E-state index in [9.17, 15) is 14.7 Å². The van der Waals surface area contributed by atoms with Gasteiger partial charge in [0.25, 0.3) is 0 Å². The average Bonchev–Trinajstić information content (AvgIpc) is 3.02. The van der Waals surface area contributed by atoms with Crippen molar-refractivity contribution in [1.82, 2.24) is 19.9 Å². The number of aliphatic hydroxyl groups is 1. The highest BCUT2D eigenvalue weighted by atomic mass is 79.9. The number of H-pyrrole nitrogens is 3. The summed E-state index contributed by atoms with van der Waals surface area (Å²) >= 11 is 3.30. The molecule has 0 saturated carbocycles. The van der Waals surface area contributed by atoms with Crippen LogP contribution in [-0.2, 0) is 0 Å². The van der Waals surface area contributed by atoms with Crippen LogP contribution in [0.1, 0.15) is 27.8 Å². The Morgan fingerprint density at radius 2 is 1.95 bits per heavy atom. The molecule has 0 aliphatic heterocycles. The number of carbonyl (C=O) groups is 1. The van der Waals surface area contributed by atoms with Gasteiger partial charge in [-0.1, -0.05) is 15.9 Å². The zero-order valence-electron chi connectivity index (χ0n) is 10.3. The van der Waals surface area contributed by atoms with Crippen molar-refractivity contribution in [3.05, 3.63) is 50.4 Å². The lowest BCUT2D eigenvalue weighted by Crippen LogP contribution is -2.08. The molecule has 0 radical (unpaired) electrons. The van der Waals surface area contributed by atoms with Gasteiger partial charge in [0.1, 0.15) is 6.10 Å². The molecular weight excluding hydrogens is 344 g/mol. The van der Waals surface area contributed by atoms with Gasteiger partial charge < -0.3 is 25.2 Å². The molecule has 0 aliphatic carbocycles. The first-order valence-electron chi connectivity index (χ1n) is 5.83. The molecular formula is C12H9BrN4O4. The van der Waals surface area contributed by atoms with Gasteiger partial charge in [-0.15, -0.1) is 0 Å². The van der Waals surface area contributed by atoms with Crippen LogP contribution in [0.5, 0.6) is 0 Å². The first-order chi connectivity index (χ1) is 9.97. The lowest BCUT2D eigenvalue weighted by molar-refractivity contribution is 0.0685. The molecule has 8 nitrogen and oxygen atoms in total. The molecule has 0 fully saturated rings. The second-order valence-corrected chi connectivity index (χ2v) is 5.23. The number of rotatable bonds is 3. The number of fused-ring (bicyclic) bond motifs is 1. The van der Waals surface area contributed by atoms with E-state index in [0.29, 0.717) is 21.1 Å². The van der Waals surface area contributed by atoms with Crippen molar-refractivity contribution in [3.63, 3.8) is 0 Å². The summed E-state index contributed by atoms with van der Waals surface area (Å²) in [6.07, 6.45) is -0.0251. The summed E-state index contributed by atoms with van der Waals surface area (Å²) in [5.41, 5.74) is 0.942. The topological polar surface area (TPSA) is 135 Å². The minimum absolute atomic E-state index is 0.0698. The maximum Gasteiger partial charge on any atom is 0.356 e. The number of hydrogen-bond donors (Lipinski definition) is 5. The molecule has 1 unspecified atom stereocenters. The maximum absolute atomic E-state index is 11.3. The third kappa shape index (κ3) is 2.26. The molecule has 2 aromatic heterocycles. The van der Waals surface area contributed by atoms with Crippen LogP contribution in [0.15, 0.2) is 27.7 Å². The van der Waals surface area contributed by atoms with Crippen molar-refractivity contribution in [3.8, 4) is 0 Å². The quantitative estimate of drug-likeness (QED) is 0.481. The summed E-state index contributed by atoms with van der Waals surface area (Å²) in [6.45, 7) is 0. The number of aromatic amines is 3. The lowest BCUT2D eigenvalue weighted by Gasteiger charge is -2.12. The van der Waals surface area contributed by atoms with Crippen LogP contribution in [0.4, 0.5) is 0 Å². The smallest absolute Gasteiger partial charge is 0.356 e. The molecule has 2 heterocycles. The number of hydrogen-bond acceptors (Lipinski definition) is 4. The Balaban J connectivity index is 2.14. The monoisotopic (exact) mass is 352 g/mol. The Hall–Kier alpha value is -2.39. The molecule has 3 rings (SSSR count). The minimum atomic E-state index is -1.24. The largest absolute Gasteiger partial charge is 0.476 e. The van der Waals surface area contributed by atoms with E-state index < -0.39 is 12.1 Å². The van der Waals surface area contributed by atoms with Gasteiger partial charge in [-0.05, 0) is 12.1 Å². The molecule has 0 aliphatic rings. The molecule has 0 spiro atoms. The summed E-state index contributed by atoms with van der Waals surface area (Å²) in [4.78, 5) is 33.8. The number of benzene rings is 1. The number of imidazole rings is 2. The molecule has 0 amide bonds. The van der Waals surface area contributed by atoms with Gasteiger partial charge in [-0.3, -0.25) is 0 Å². The van der Waals surface area contributed by atoms with Crippen LogP contribution in [0, 0.1) is 0 Å². The average molecular weight is 353 g/mol. The molecule has 108 valence electrons. The van der Waals surface area contributed by atoms with Gasteiger partial charge in [0.05, 0.1) is 23.1 Å². The third-order valence-electron chi connectivity index (χ3n) is 3.07. The normalized spacial score (nSPS) is 12.7. The number of halogens is 1. The van der Waals surface area contributed by atoms with Gasteiger partial charge in [-0.25, -0.2) is 14.6 Å². The Morgan fingerprint density at radius 3 is 2.62 bits per heavy atom. The van der Waals surface area contributed by atoms with Gasteiger partial charge in [0.15, 0.2) is 5.69 Å². The van der Waals surface area contributed by atoms with Crippen LogP contribution in [0.25, 0.3) is 11.0 Å². The van der Waals surface area contributed by atoms with E-state index in [1.54, 1.807) is 12.1 Å². The first kappa shape index (κ1) is 13.6. The zero-order valence-corrected chi connectivity index (χ0v) is 11.9. The van der Waals surface area contributed by atoms with E-state index in [2.05, 4.69) is 35.9 Å². The van der Waals surface area contributed by atoms with Crippen molar-refractivity contribution < 1.29 is 15.0 Å². The molecule has 21 heavy (non-hydrogen) atoms. The Bertz CT molecular complexity index is 894. The summed E-state index contributed by atoms with van der Waals surface area (Å²) in [5, 5.41) is 19.4. The van der Waals surface area contributed by atoms with Crippen LogP contribution in [0.3, 0.4) is 0 Å². The van der Waals surface area contributed by atoms with Crippen LogP contribution < -0.4 is 5.69 Å². The summed E-state index contributed by atoms with van der Waals surface area (Å²) in [7, 11) is 0. The zero-order chi connectivity index (χ0) is 15.1. The SMILES string of the molecule is O=C(O)c1nc[nH]c1C(O)c1cc2[nH]c(=O)[nH]c2cc1Br. The number of carboxylic acids is 1. The molecule has 0 bridgehead atoms. The molecule has 5 N–H and O–H groups in total. The first-order valence-corrected chi connectivity index (χ1v) is 6.62. The molecule has 3 aromatic rings. The van der Waals surface area contributed by atoms with Crippen LogP contribution in [0.2, 0.25) is 0 Å². The maximum atomic E-state index is 11.3. The predicted molar refractivity (Wildman–Crippen MR) is 76.2 cm³/mol. The third-order valence-corrected chi connectivity index (χ3v) is 3.76. The van der Waals surface area contributed by atoms with Gasteiger partial charge in [0.2, 0.25) is 0 Å². The molecule has 1 aromatic carbocycles. The van der Waals surface area contributed by atoms with E-state index >= 15 is 0 Å². The minimum Gasteiger partial charge on any atom is -0.476 e. The van der Waals surface area contributed by atoms with Crippen LogP contribution >= 0.6 is 15.9 Å². The number of aliphatic hydroxyl groups excluding tert-OH is 1. The summed E-state index contributed by atoms with van der Waals surface area (Å²) < 4.78 is 0.531. The number of aromatic nitrogens is 4. The van der Waals surface area contributed by atoms with E-state index in [1.165, 1.54) is 6.33 Å². The van der Waals surface area contributed by atoms with Gasteiger partial charge in [0, 0.05) is 10.0 Å². The molecule has 0 saturated heterocycles. The summed E-state index contributed by atoms with van der Waals surface area (Å²) in [5.74, 6) is -1.24. The van der Waals surface area contributed by atoms with Gasteiger partial charge in [-0.2, -0.15) is 0 Å². The van der Waals surface area contributed by atoms with Crippen LogP contribution in [-0.4, -0.2) is 36.1 Å². The van der Waals surface area contributed by atoms with E-state index in [1.807, 2.05) is 0 Å². The van der Waals surface area contributed by atoms with Crippen molar-refractivity contribution >= 4 is 32.9 Å². The lowest BCUT2D eigenvalue weighted by atomic mass is 10.0. The van der Waals surface area contributed by atoms with E-state index in [4.69, 9.17) is 5.11 Å². The van der Waals surface area contributed by atoms with Crippen molar-refractivity contribution in [2.75, 3.05) is 0 Å². The highest BCUT2D eigenvalue weighted by Gasteiger charge is 2.23. The number of aromatic carboxylic acids is 1. The highest BCUT2D eigenvalue weighted by Crippen LogP contribution is 2.31. The fraction of sp³-hybridized carbons (Fsp3) is 0.0833. The second kappa shape index (κ2) is 4.86. The predicted octanol–water partition coefficient (Wildman–Crippen LogP) is 1.12. The Labute approximate surface area is 125 Å². The summed E-state index contributed by atoms with van der Waals surface area (Å²) in [6, 6.07) is 3.19. The molecule has 9 heteroatoms. The fourth-order valence-electron chi connectivity index (χ4n) is 2.12. The molecule has 1 atom stereocenters. The Morgan fingerprint density at radius 1 is 1.29 bits per heavy atom. The van der Waals surface area contributed by atoms with E-state index in [-0.39, 0.29) is 17.1 Å². The van der Waals surface area contributed by atoms with Crippen molar-refractivity contribution in [1.29, 1.82) is 0 Å². The van der Waals surface area contributed by atoms with Crippen molar-refractivity contribution in [2.24, 2.45) is 0 Å². The highest BCUT2D eigenvalue weighted by molar-refractivity contribution is 9.10. The number of nitrogens with zero attached hydrogens (tertiary/aromatic N) is 1. The van der Waals surface area contributed by atoms with Crippen molar-refractivity contribution in [2.45, 2.75) is 6.10 Å². The van der Waals surface area contributed by atoms with Gasteiger partial charge >= 0.3 is 11.7 Å². The number of nitrogens with one attached hydrogen (secondary N) is 3. The standard InChI is InChI=1S/C12H9BrN4O4/c13-5-2-7-6(16-12(21)17-7)1-4(5)10(18)8-9(11(19)20)15-3-14-8/h1-3,10,18H,(H,14,15)(H,19,20)(H2,16,17,21). The Kier molecular flexibility index (Phi) is 3.15. The fourth-order valence-corrected chi connectivity index (χ4v) is 2.68. The number of carboxylic acid groups (broad SMARTS) is 1. The second-order valence-electron chi connectivity index (χ2n) is 4.37. The van der Waals surface area contributed by atoms with E-state index in [0.717, 1.165) is 0 Å².